The fourth-order valence-electron chi connectivity index (χ4n) is 1.96. The van der Waals surface area contributed by atoms with Crippen molar-refractivity contribution in [3.05, 3.63) is 28.5 Å². The zero-order valence-corrected chi connectivity index (χ0v) is 10.2. The van der Waals surface area contributed by atoms with Crippen LogP contribution in [0.25, 0.3) is 0 Å². The van der Waals surface area contributed by atoms with Gasteiger partial charge in [0.25, 0.3) is 0 Å². The zero-order chi connectivity index (χ0) is 10.7. The van der Waals surface area contributed by atoms with Crippen LogP contribution >= 0.6 is 15.9 Å². The molecule has 1 aliphatic heterocycles. The van der Waals surface area contributed by atoms with Gasteiger partial charge < -0.3 is 5.11 Å². The molecule has 15 heavy (non-hydrogen) atoms. The van der Waals surface area contributed by atoms with E-state index in [-0.39, 0.29) is 0 Å². The fourth-order valence-corrected chi connectivity index (χ4v) is 2.20. The van der Waals surface area contributed by atoms with E-state index in [2.05, 4.69) is 31.9 Å². The van der Waals surface area contributed by atoms with E-state index in [4.69, 9.17) is 5.11 Å². The maximum absolute atomic E-state index is 9.04. The summed E-state index contributed by atoms with van der Waals surface area (Å²) in [7, 11) is 0. The van der Waals surface area contributed by atoms with Crippen molar-refractivity contribution >= 4 is 15.9 Å². The molecule has 0 radical (unpaired) electrons. The van der Waals surface area contributed by atoms with Gasteiger partial charge in [-0.05, 0) is 46.4 Å². The Morgan fingerprint density at radius 3 is 3.00 bits per heavy atom. The highest BCUT2D eigenvalue weighted by atomic mass is 79.9. The third-order valence-electron chi connectivity index (χ3n) is 2.82. The highest BCUT2D eigenvalue weighted by Gasteiger charge is 2.21. The molecule has 0 aliphatic carbocycles. The first kappa shape index (κ1) is 11.0. The molecule has 1 aliphatic rings. The highest BCUT2D eigenvalue weighted by molar-refractivity contribution is 9.10. The number of hydrogen-bond acceptors (Lipinski definition) is 3. The van der Waals surface area contributed by atoms with Gasteiger partial charge in [0.05, 0.1) is 0 Å². The van der Waals surface area contributed by atoms with Crippen LogP contribution in [0.3, 0.4) is 0 Å². The lowest BCUT2D eigenvalue weighted by Gasteiger charge is -2.15. The molecule has 1 N–H and O–H groups in total. The largest absolute Gasteiger partial charge is 0.396 e. The predicted molar refractivity (Wildman–Crippen MR) is 62.4 cm³/mol. The average molecular weight is 271 g/mol. The number of nitrogens with zero attached hydrogens (tertiary/aromatic N) is 2. The van der Waals surface area contributed by atoms with E-state index in [1.807, 2.05) is 12.3 Å². The number of halogens is 1. The second-order valence-corrected chi connectivity index (χ2v) is 4.87. The van der Waals surface area contributed by atoms with Gasteiger partial charge in [-0.1, -0.05) is 6.07 Å². The van der Waals surface area contributed by atoms with Crippen molar-refractivity contribution in [1.82, 2.24) is 9.88 Å². The highest BCUT2D eigenvalue weighted by Crippen LogP contribution is 2.18. The van der Waals surface area contributed by atoms with E-state index < -0.39 is 0 Å². The minimum Gasteiger partial charge on any atom is -0.396 e. The van der Waals surface area contributed by atoms with Crippen LogP contribution in [0.15, 0.2) is 22.9 Å². The van der Waals surface area contributed by atoms with Crippen LogP contribution in [0.5, 0.6) is 0 Å². The van der Waals surface area contributed by atoms with Crippen molar-refractivity contribution in [2.24, 2.45) is 5.92 Å². The first-order chi connectivity index (χ1) is 7.28. The molecule has 0 unspecified atom stereocenters. The van der Waals surface area contributed by atoms with Crippen molar-refractivity contribution in [3.8, 4) is 0 Å². The monoisotopic (exact) mass is 270 g/mol. The number of likely N-dealkylation sites (tertiary alicyclic amines) is 1. The first-order valence-corrected chi connectivity index (χ1v) is 6.01. The normalized spacial score (nSPS) is 22.1. The van der Waals surface area contributed by atoms with Gasteiger partial charge >= 0.3 is 0 Å². The third-order valence-corrected chi connectivity index (χ3v) is 3.29. The summed E-state index contributed by atoms with van der Waals surface area (Å²) in [5, 5.41) is 9.04. The van der Waals surface area contributed by atoms with Gasteiger partial charge in [-0.2, -0.15) is 0 Å². The van der Waals surface area contributed by atoms with Gasteiger partial charge in [-0.25, -0.2) is 4.98 Å². The molecule has 1 aromatic heterocycles. The molecule has 0 amide bonds. The standard InChI is InChI=1S/C11H15BrN2O/c12-11-2-1-9(5-13-11)6-14-4-3-10(7-14)8-15/h1-2,5,10,15H,3-4,6-8H2/t10-/m0/s1. The Hall–Kier alpha value is -0.450. The Morgan fingerprint density at radius 1 is 1.53 bits per heavy atom. The molecule has 1 aromatic rings. The number of aliphatic hydroxyl groups excluding tert-OH is 1. The molecule has 1 atom stereocenters. The Bertz CT molecular complexity index is 315. The Labute approximate surface area is 98.3 Å². The lowest BCUT2D eigenvalue weighted by Crippen LogP contribution is -2.21. The number of rotatable bonds is 3. The first-order valence-electron chi connectivity index (χ1n) is 5.21. The summed E-state index contributed by atoms with van der Waals surface area (Å²) in [5.41, 5.74) is 1.23. The quantitative estimate of drug-likeness (QED) is 0.849. The van der Waals surface area contributed by atoms with Crippen molar-refractivity contribution in [2.75, 3.05) is 19.7 Å². The Balaban J connectivity index is 1.90. The van der Waals surface area contributed by atoms with E-state index >= 15 is 0 Å². The van der Waals surface area contributed by atoms with E-state index in [1.54, 1.807) is 0 Å². The molecule has 2 rings (SSSR count). The Kier molecular flexibility index (Phi) is 3.72. The van der Waals surface area contributed by atoms with E-state index in [9.17, 15) is 0 Å². The number of pyridine rings is 1. The van der Waals surface area contributed by atoms with Crippen LogP contribution in [0, 0.1) is 5.92 Å². The molecular formula is C11H15BrN2O. The van der Waals surface area contributed by atoms with Crippen LogP contribution in [0.4, 0.5) is 0 Å². The summed E-state index contributed by atoms with van der Waals surface area (Å²) in [4.78, 5) is 6.57. The summed E-state index contributed by atoms with van der Waals surface area (Å²) in [6.45, 7) is 3.35. The minimum atomic E-state index is 0.315. The molecule has 0 spiro atoms. The molecular weight excluding hydrogens is 256 g/mol. The summed E-state index contributed by atoms with van der Waals surface area (Å²) in [6.07, 6.45) is 3.01. The lowest BCUT2D eigenvalue weighted by molar-refractivity contribution is 0.220. The molecule has 2 heterocycles. The molecule has 4 heteroatoms. The molecule has 3 nitrogen and oxygen atoms in total. The smallest absolute Gasteiger partial charge is 0.106 e. The van der Waals surface area contributed by atoms with Crippen molar-refractivity contribution in [3.63, 3.8) is 0 Å². The third kappa shape index (κ3) is 3.00. The molecule has 0 aromatic carbocycles. The number of aliphatic hydroxyl groups is 1. The van der Waals surface area contributed by atoms with Crippen molar-refractivity contribution < 1.29 is 5.11 Å². The van der Waals surface area contributed by atoms with Crippen LogP contribution in [-0.4, -0.2) is 34.7 Å². The van der Waals surface area contributed by atoms with Gasteiger partial charge in [0.15, 0.2) is 0 Å². The summed E-state index contributed by atoms with van der Waals surface area (Å²) in [6, 6.07) is 4.05. The van der Waals surface area contributed by atoms with Gasteiger partial charge in [-0.3, -0.25) is 4.90 Å². The fraction of sp³-hybridized carbons (Fsp3) is 0.545. The second-order valence-electron chi connectivity index (χ2n) is 4.06. The van der Waals surface area contributed by atoms with Gasteiger partial charge in [0.2, 0.25) is 0 Å². The number of aromatic nitrogens is 1. The van der Waals surface area contributed by atoms with Crippen molar-refractivity contribution in [1.29, 1.82) is 0 Å². The summed E-state index contributed by atoms with van der Waals surface area (Å²) in [5.74, 6) is 0.466. The van der Waals surface area contributed by atoms with Crippen molar-refractivity contribution in [2.45, 2.75) is 13.0 Å². The maximum Gasteiger partial charge on any atom is 0.106 e. The molecule has 0 bridgehead atoms. The average Bonchev–Trinajstić information content (AvgIpc) is 2.69. The molecule has 82 valence electrons. The summed E-state index contributed by atoms with van der Waals surface area (Å²) < 4.78 is 0.876. The second kappa shape index (κ2) is 5.05. The SMILES string of the molecule is OC[C@H]1CCN(Cc2ccc(Br)nc2)C1. The number of hydrogen-bond donors (Lipinski definition) is 1. The molecule has 1 saturated heterocycles. The minimum absolute atomic E-state index is 0.315. The van der Waals surface area contributed by atoms with Crippen LogP contribution in [0.1, 0.15) is 12.0 Å². The van der Waals surface area contributed by atoms with Crippen LogP contribution in [-0.2, 0) is 6.54 Å². The molecule has 0 saturated carbocycles. The van der Waals surface area contributed by atoms with E-state index in [0.717, 1.165) is 30.7 Å². The van der Waals surface area contributed by atoms with Crippen LogP contribution < -0.4 is 0 Å². The zero-order valence-electron chi connectivity index (χ0n) is 8.56. The van der Waals surface area contributed by atoms with E-state index in [0.29, 0.717) is 12.5 Å². The maximum atomic E-state index is 9.04. The van der Waals surface area contributed by atoms with E-state index in [1.165, 1.54) is 5.56 Å². The topological polar surface area (TPSA) is 36.4 Å². The summed E-state index contributed by atoms with van der Waals surface area (Å²) >= 11 is 3.32. The van der Waals surface area contributed by atoms with Gasteiger partial charge in [0, 0.05) is 25.9 Å². The molecule has 1 fully saturated rings. The Morgan fingerprint density at radius 2 is 2.40 bits per heavy atom. The van der Waals surface area contributed by atoms with Gasteiger partial charge in [0.1, 0.15) is 4.60 Å². The predicted octanol–water partition coefficient (Wildman–Crippen LogP) is 1.66. The van der Waals surface area contributed by atoms with Gasteiger partial charge in [-0.15, -0.1) is 0 Å². The lowest BCUT2D eigenvalue weighted by atomic mass is 10.1. The van der Waals surface area contributed by atoms with Crippen LogP contribution in [0.2, 0.25) is 0 Å².